The highest BCUT2D eigenvalue weighted by atomic mass is 16.2. The van der Waals surface area contributed by atoms with E-state index in [2.05, 4.69) is 32.3 Å². The maximum absolute atomic E-state index is 13.5. The molecule has 0 radical (unpaired) electrons. The van der Waals surface area contributed by atoms with E-state index in [1.165, 1.54) is 17.9 Å². The minimum absolute atomic E-state index is 0.229. The molecule has 1 aliphatic carbocycles. The molecular formula is C23H33N5O3. The number of aromatic nitrogens is 5. The number of imidazole rings is 2. The number of fused-ring (bicyclic) bond motifs is 3. The van der Waals surface area contributed by atoms with Crippen LogP contribution in [0.2, 0.25) is 0 Å². The summed E-state index contributed by atoms with van der Waals surface area (Å²) in [5.74, 6) is 1.06. The van der Waals surface area contributed by atoms with Gasteiger partial charge in [-0.2, -0.15) is 4.98 Å². The van der Waals surface area contributed by atoms with Crippen molar-refractivity contribution in [2.75, 3.05) is 0 Å². The van der Waals surface area contributed by atoms with Crippen LogP contribution in [0, 0.1) is 25.2 Å². The van der Waals surface area contributed by atoms with E-state index < -0.39 is 17.3 Å². The first-order chi connectivity index (χ1) is 14.4. The van der Waals surface area contributed by atoms with Crippen molar-refractivity contribution in [3.63, 3.8) is 0 Å². The largest absolute Gasteiger partial charge is 0.333 e. The van der Waals surface area contributed by atoms with E-state index in [9.17, 15) is 14.4 Å². The smallest absolute Gasteiger partial charge is 0.311 e. The van der Waals surface area contributed by atoms with Gasteiger partial charge in [-0.05, 0) is 58.3 Å². The molecule has 0 spiro atoms. The minimum atomic E-state index is -0.829. The van der Waals surface area contributed by atoms with E-state index in [1.54, 1.807) is 14.0 Å². The Morgan fingerprint density at radius 3 is 2.39 bits per heavy atom. The molecule has 168 valence electrons. The third kappa shape index (κ3) is 3.10. The minimum Gasteiger partial charge on any atom is -0.311 e. The van der Waals surface area contributed by atoms with Crippen LogP contribution in [0.3, 0.4) is 0 Å². The molecule has 8 heteroatoms. The lowest BCUT2D eigenvalue weighted by Gasteiger charge is -2.40. The van der Waals surface area contributed by atoms with E-state index >= 15 is 0 Å². The third-order valence-corrected chi connectivity index (χ3v) is 7.21. The molecular weight excluding hydrogens is 394 g/mol. The average molecular weight is 428 g/mol. The van der Waals surface area contributed by atoms with Crippen molar-refractivity contribution in [3.05, 3.63) is 32.2 Å². The topological polar surface area (TPSA) is 83.3 Å². The molecule has 0 N–H and O–H groups in total. The summed E-state index contributed by atoms with van der Waals surface area (Å²) < 4.78 is 6.57. The first-order valence-electron chi connectivity index (χ1n) is 11.1. The van der Waals surface area contributed by atoms with Crippen LogP contribution < -0.4 is 11.2 Å². The van der Waals surface area contributed by atoms with Gasteiger partial charge in [-0.15, -0.1) is 0 Å². The maximum Gasteiger partial charge on any atom is 0.333 e. The van der Waals surface area contributed by atoms with Crippen molar-refractivity contribution < 1.29 is 4.79 Å². The van der Waals surface area contributed by atoms with Crippen LogP contribution in [-0.4, -0.2) is 28.9 Å². The molecule has 3 aromatic heterocycles. The molecule has 3 heterocycles. The summed E-state index contributed by atoms with van der Waals surface area (Å²) in [5, 5.41) is 0. The number of carbonyl (C=O) groups is 1. The van der Waals surface area contributed by atoms with Crippen molar-refractivity contribution >= 4 is 22.7 Å². The molecule has 3 aromatic rings. The van der Waals surface area contributed by atoms with E-state index in [-0.39, 0.29) is 17.2 Å². The molecule has 0 amide bonds. The standard InChI is InChI=1S/C23H33N5O3/c1-12-9-17(11-23(6,7)10-12)26-13(2)14(3)27-18-19(24-21(26)27)25(8)22(31)28(20(18)30)15(4)16(5)29/h12,15,17H,9-11H2,1-8H3/t12-,15+,17-/m0/s1. The van der Waals surface area contributed by atoms with Crippen LogP contribution in [0.1, 0.15) is 77.4 Å². The summed E-state index contributed by atoms with van der Waals surface area (Å²) in [4.78, 5) is 43.2. The summed E-state index contributed by atoms with van der Waals surface area (Å²) in [6.45, 7) is 14.0. The predicted octanol–water partition coefficient (Wildman–Crippen LogP) is 3.30. The SMILES string of the molecule is CC(=O)[C@@H](C)n1c(=O)c2c(nc3n([C@H]4C[C@H](C)CC(C)(C)C4)c(C)c(C)n23)n(C)c1=O. The van der Waals surface area contributed by atoms with E-state index in [4.69, 9.17) is 4.98 Å². The van der Waals surface area contributed by atoms with Gasteiger partial charge < -0.3 is 4.57 Å². The Morgan fingerprint density at radius 1 is 1.16 bits per heavy atom. The Hall–Kier alpha value is -2.64. The van der Waals surface area contributed by atoms with Gasteiger partial charge in [-0.25, -0.2) is 9.36 Å². The Balaban J connectivity index is 2.08. The predicted molar refractivity (Wildman–Crippen MR) is 121 cm³/mol. The molecule has 1 aliphatic rings. The highest BCUT2D eigenvalue weighted by Gasteiger charge is 2.35. The molecule has 0 bridgehead atoms. The zero-order valence-corrected chi connectivity index (χ0v) is 19.8. The molecule has 0 aromatic carbocycles. The number of ketones is 1. The number of rotatable bonds is 3. The molecule has 31 heavy (non-hydrogen) atoms. The van der Waals surface area contributed by atoms with Gasteiger partial charge in [-0.1, -0.05) is 20.8 Å². The summed E-state index contributed by atoms with van der Waals surface area (Å²) in [6.07, 6.45) is 3.29. The monoisotopic (exact) mass is 427 g/mol. The van der Waals surface area contributed by atoms with Gasteiger partial charge in [0, 0.05) is 24.5 Å². The Morgan fingerprint density at radius 2 is 1.81 bits per heavy atom. The van der Waals surface area contributed by atoms with Crippen molar-refractivity contribution in [2.45, 2.75) is 79.8 Å². The maximum atomic E-state index is 13.5. The third-order valence-electron chi connectivity index (χ3n) is 7.21. The normalized spacial score (nSPS) is 22.3. The van der Waals surface area contributed by atoms with Crippen molar-refractivity contribution in [1.82, 2.24) is 23.1 Å². The molecule has 3 atom stereocenters. The summed E-state index contributed by atoms with van der Waals surface area (Å²) in [6, 6.07) is -0.549. The lowest BCUT2D eigenvalue weighted by molar-refractivity contribution is -0.119. The van der Waals surface area contributed by atoms with Gasteiger partial charge in [0.25, 0.3) is 5.56 Å². The Labute approximate surface area is 181 Å². The fourth-order valence-electron chi connectivity index (χ4n) is 5.69. The van der Waals surface area contributed by atoms with Crippen LogP contribution in [0.4, 0.5) is 0 Å². The number of nitrogens with zero attached hydrogens (tertiary/aromatic N) is 5. The van der Waals surface area contributed by atoms with Crippen LogP contribution >= 0.6 is 0 Å². The summed E-state index contributed by atoms with van der Waals surface area (Å²) in [5.41, 5.74) is 1.97. The average Bonchev–Trinajstić information content (AvgIpc) is 3.14. The van der Waals surface area contributed by atoms with Crippen molar-refractivity contribution in [1.29, 1.82) is 0 Å². The highest BCUT2D eigenvalue weighted by molar-refractivity contribution is 5.81. The van der Waals surface area contributed by atoms with Crippen LogP contribution in [0.25, 0.3) is 16.9 Å². The van der Waals surface area contributed by atoms with Gasteiger partial charge in [0.2, 0.25) is 5.78 Å². The van der Waals surface area contributed by atoms with Gasteiger partial charge >= 0.3 is 5.69 Å². The molecule has 0 saturated heterocycles. The second-order valence-corrected chi connectivity index (χ2v) is 10.3. The molecule has 0 aliphatic heterocycles. The zero-order chi connectivity index (χ0) is 23.0. The van der Waals surface area contributed by atoms with Gasteiger partial charge in [-0.3, -0.25) is 18.6 Å². The fraction of sp³-hybridized carbons (Fsp3) is 0.652. The fourth-order valence-corrected chi connectivity index (χ4v) is 5.69. The van der Waals surface area contributed by atoms with E-state index in [0.29, 0.717) is 22.9 Å². The Kier molecular flexibility index (Phi) is 4.83. The van der Waals surface area contributed by atoms with Crippen LogP contribution in [0.15, 0.2) is 9.59 Å². The Bertz CT molecular complexity index is 1330. The molecule has 1 saturated carbocycles. The zero-order valence-electron chi connectivity index (χ0n) is 19.8. The van der Waals surface area contributed by atoms with Crippen LogP contribution in [0.5, 0.6) is 0 Å². The number of carbonyl (C=O) groups excluding carboxylic acids is 1. The number of aryl methyl sites for hydroxylation is 2. The number of hydrogen-bond donors (Lipinski definition) is 0. The second-order valence-electron chi connectivity index (χ2n) is 10.3. The molecule has 4 rings (SSSR count). The highest BCUT2D eigenvalue weighted by Crippen LogP contribution is 2.45. The lowest BCUT2D eigenvalue weighted by atomic mass is 9.70. The van der Waals surface area contributed by atoms with Gasteiger partial charge in [0.1, 0.15) is 0 Å². The first kappa shape index (κ1) is 21.6. The summed E-state index contributed by atoms with van der Waals surface area (Å²) >= 11 is 0. The lowest BCUT2D eigenvalue weighted by Crippen LogP contribution is -2.42. The molecule has 1 fully saturated rings. The van der Waals surface area contributed by atoms with Gasteiger partial charge in [0.05, 0.1) is 6.04 Å². The summed E-state index contributed by atoms with van der Waals surface area (Å²) in [7, 11) is 1.61. The van der Waals surface area contributed by atoms with E-state index in [1.807, 2.05) is 11.3 Å². The number of hydrogen-bond acceptors (Lipinski definition) is 4. The number of Topliss-reactive ketones (excluding diaryl/α,β-unsaturated/α-hetero) is 1. The van der Waals surface area contributed by atoms with Crippen molar-refractivity contribution in [3.8, 4) is 0 Å². The van der Waals surface area contributed by atoms with Crippen LogP contribution in [-0.2, 0) is 11.8 Å². The van der Waals surface area contributed by atoms with E-state index in [0.717, 1.165) is 28.8 Å². The molecule has 8 nitrogen and oxygen atoms in total. The van der Waals surface area contributed by atoms with Crippen molar-refractivity contribution in [2.24, 2.45) is 18.4 Å². The molecule has 0 unspecified atom stereocenters. The van der Waals surface area contributed by atoms with Gasteiger partial charge in [0.15, 0.2) is 16.9 Å². The quantitative estimate of drug-likeness (QED) is 0.642. The first-order valence-corrected chi connectivity index (χ1v) is 11.1. The second kappa shape index (κ2) is 6.93.